The molecule has 0 atom stereocenters. The zero-order valence-corrected chi connectivity index (χ0v) is 19.4. The third-order valence-electron chi connectivity index (χ3n) is 5.68. The summed E-state index contributed by atoms with van der Waals surface area (Å²) in [6.07, 6.45) is 4.21. The summed E-state index contributed by atoms with van der Waals surface area (Å²) in [7, 11) is -3.69. The van der Waals surface area contributed by atoms with Gasteiger partial charge < -0.3 is 10.1 Å². The highest BCUT2D eigenvalue weighted by Crippen LogP contribution is 2.23. The monoisotopic (exact) mass is 468 g/mol. The van der Waals surface area contributed by atoms with Gasteiger partial charge in [0.15, 0.2) is 0 Å². The fourth-order valence-electron chi connectivity index (χ4n) is 3.78. The second-order valence-corrected chi connectivity index (χ2v) is 9.80. The molecule has 0 unspecified atom stereocenters. The molecule has 1 saturated heterocycles. The Morgan fingerprint density at radius 2 is 1.82 bits per heavy atom. The van der Waals surface area contributed by atoms with E-state index in [4.69, 9.17) is 4.74 Å². The summed E-state index contributed by atoms with van der Waals surface area (Å²) in [5.41, 5.74) is 3.10. The van der Waals surface area contributed by atoms with E-state index in [-0.39, 0.29) is 10.8 Å². The van der Waals surface area contributed by atoms with Crippen LogP contribution in [0.15, 0.2) is 65.8 Å². The molecule has 0 spiro atoms. The highest BCUT2D eigenvalue weighted by molar-refractivity contribution is 7.89. The molecule has 0 radical (unpaired) electrons. The molecule has 33 heavy (non-hydrogen) atoms. The molecule has 0 saturated carbocycles. The minimum atomic E-state index is -3.69. The number of carbonyl (C=O) groups is 1. The van der Waals surface area contributed by atoms with Gasteiger partial charge in [0.1, 0.15) is 0 Å². The first-order chi connectivity index (χ1) is 16.0. The lowest BCUT2D eigenvalue weighted by molar-refractivity contribution is 0.0730. The second kappa shape index (κ2) is 10.3. The molecule has 1 fully saturated rings. The molecule has 1 aliphatic heterocycles. The highest BCUT2D eigenvalue weighted by Gasteiger charge is 2.29. The van der Waals surface area contributed by atoms with Crippen LogP contribution in [0.5, 0.6) is 0 Å². The van der Waals surface area contributed by atoms with Gasteiger partial charge in [-0.05, 0) is 41.3 Å². The van der Waals surface area contributed by atoms with Gasteiger partial charge in [-0.15, -0.1) is 0 Å². The van der Waals surface area contributed by atoms with Gasteiger partial charge in [-0.2, -0.15) is 9.40 Å². The molecule has 1 aromatic heterocycles. The molecule has 1 N–H and O–H groups in total. The predicted octanol–water partition coefficient (Wildman–Crippen LogP) is 2.44. The normalized spacial score (nSPS) is 14.8. The smallest absolute Gasteiger partial charge is 0.251 e. The lowest BCUT2D eigenvalue weighted by Gasteiger charge is -2.27. The van der Waals surface area contributed by atoms with Crippen molar-refractivity contribution in [2.75, 3.05) is 26.3 Å². The number of aromatic nitrogens is 2. The van der Waals surface area contributed by atoms with Gasteiger partial charge in [0, 0.05) is 37.6 Å². The van der Waals surface area contributed by atoms with Gasteiger partial charge in [0.05, 0.1) is 24.7 Å². The number of hydrogen-bond acceptors (Lipinski definition) is 5. The first-order valence-corrected chi connectivity index (χ1v) is 12.5. The third-order valence-corrected chi connectivity index (χ3v) is 7.66. The van der Waals surface area contributed by atoms with Crippen LogP contribution < -0.4 is 5.32 Å². The van der Waals surface area contributed by atoms with E-state index in [0.29, 0.717) is 56.9 Å². The van der Waals surface area contributed by atoms with E-state index in [0.717, 1.165) is 11.1 Å². The summed E-state index contributed by atoms with van der Waals surface area (Å²) in [5.74, 6) is -0.309. The summed E-state index contributed by atoms with van der Waals surface area (Å²) >= 11 is 0. The molecule has 2 aromatic carbocycles. The summed E-state index contributed by atoms with van der Waals surface area (Å²) < 4.78 is 35.0. The maximum atomic E-state index is 13.2. The Kier molecular flexibility index (Phi) is 7.22. The number of aryl methyl sites for hydroxylation is 1. The van der Waals surface area contributed by atoms with Crippen LogP contribution in [0.4, 0.5) is 0 Å². The number of sulfonamides is 1. The van der Waals surface area contributed by atoms with E-state index >= 15 is 0 Å². The number of morpholine rings is 1. The van der Waals surface area contributed by atoms with Gasteiger partial charge in [-0.1, -0.05) is 37.3 Å². The lowest BCUT2D eigenvalue weighted by Crippen LogP contribution is -2.41. The molecule has 1 amide bonds. The SMILES string of the molecule is CCc1ccc(C(=O)NCc2ccc(Cn3cccn3)cc2)cc1S(=O)(=O)N1CCOCC1. The number of carbonyl (C=O) groups excluding carboxylic acids is 1. The van der Waals surface area contributed by atoms with Crippen LogP contribution in [-0.2, 0) is 34.3 Å². The van der Waals surface area contributed by atoms with E-state index in [1.807, 2.05) is 48.1 Å². The Labute approximate surface area is 194 Å². The van der Waals surface area contributed by atoms with Crippen molar-refractivity contribution in [1.29, 1.82) is 0 Å². The Bertz CT molecular complexity index is 1190. The van der Waals surface area contributed by atoms with Gasteiger partial charge in [-0.25, -0.2) is 8.42 Å². The Morgan fingerprint density at radius 3 is 2.48 bits per heavy atom. The Hall–Kier alpha value is -3.01. The van der Waals surface area contributed by atoms with Crippen molar-refractivity contribution in [1.82, 2.24) is 19.4 Å². The zero-order valence-electron chi connectivity index (χ0n) is 18.6. The first kappa shape index (κ1) is 23.2. The summed E-state index contributed by atoms with van der Waals surface area (Å²) in [5, 5.41) is 7.09. The number of nitrogens with zero attached hydrogens (tertiary/aromatic N) is 3. The van der Waals surface area contributed by atoms with Crippen molar-refractivity contribution < 1.29 is 17.9 Å². The number of benzene rings is 2. The molecule has 4 rings (SSSR count). The quantitative estimate of drug-likeness (QED) is 0.548. The lowest BCUT2D eigenvalue weighted by atomic mass is 10.1. The topological polar surface area (TPSA) is 93.5 Å². The molecular weight excluding hydrogens is 440 g/mol. The molecule has 9 heteroatoms. The maximum Gasteiger partial charge on any atom is 0.251 e. The van der Waals surface area contributed by atoms with Crippen molar-refractivity contribution in [2.45, 2.75) is 31.3 Å². The Morgan fingerprint density at radius 1 is 1.09 bits per heavy atom. The summed E-state index contributed by atoms with van der Waals surface area (Å²) in [4.78, 5) is 13.0. The fourth-order valence-corrected chi connectivity index (χ4v) is 5.51. The molecule has 2 heterocycles. The van der Waals surface area contributed by atoms with Gasteiger partial charge in [-0.3, -0.25) is 9.48 Å². The van der Waals surface area contributed by atoms with Crippen LogP contribution in [0.3, 0.4) is 0 Å². The molecule has 174 valence electrons. The highest BCUT2D eigenvalue weighted by atomic mass is 32.2. The van der Waals surface area contributed by atoms with E-state index < -0.39 is 10.0 Å². The average molecular weight is 469 g/mol. The van der Waals surface area contributed by atoms with Crippen LogP contribution in [0, 0.1) is 0 Å². The second-order valence-electron chi connectivity index (χ2n) is 7.90. The van der Waals surface area contributed by atoms with Crippen molar-refractivity contribution in [3.05, 3.63) is 83.2 Å². The molecule has 0 aliphatic carbocycles. The van der Waals surface area contributed by atoms with Gasteiger partial charge >= 0.3 is 0 Å². The van der Waals surface area contributed by atoms with E-state index in [1.165, 1.54) is 10.4 Å². The zero-order chi connectivity index (χ0) is 23.3. The van der Waals surface area contributed by atoms with Crippen molar-refractivity contribution in [3.63, 3.8) is 0 Å². The van der Waals surface area contributed by atoms with Crippen molar-refractivity contribution >= 4 is 15.9 Å². The number of hydrogen-bond donors (Lipinski definition) is 1. The standard InChI is InChI=1S/C24H28N4O4S/c1-2-21-8-9-22(16-23(21)33(30,31)28-12-14-32-15-13-28)24(29)25-17-19-4-6-20(7-5-19)18-27-11-3-10-26-27/h3-11,16H,2,12-15,17-18H2,1H3,(H,25,29). The maximum absolute atomic E-state index is 13.2. The largest absolute Gasteiger partial charge is 0.379 e. The minimum Gasteiger partial charge on any atom is -0.379 e. The summed E-state index contributed by atoms with van der Waals surface area (Å²) in [6, 6.07) is 14.7. The number of amides is 1. The minimum absolute atomic E-state index is 0.197. The number of nitrogens with one attached hydrogen (secondary N) is 1. The average Bonchev–Trinajstić information content (AvgIpc) is 3.36. The number of ether oxygens (including phenoxy) is 1. The molecule has 0 bridgehead atoms. The first-order valence-electron chi connectivity index (χ1n) is 11.0. The van der Waals surface area contributed by atoms with Crippen LogP contribution in [0.1, 0.15) is 34.0 Å². The third kappa shape index (κ3) is 5.50. The van der Waals surface area contributed by atoms with Crippen molar-refractivity contribution in [3.8, 4) is 0 Å². The predicted molar refractivity (Wildman–Crippen MR) is 124 cm³/mol. The summed E-state index contributed by atoms with van der Waals surface area (Å²) in [6.45, 7) is 4.33. The molecular formula is C24H28N4O4S. The van der Waals surface area contributed by atoms with E-state index in [9.17, 15) is 13.2 Å². The molecule has 1 aliphatic rings. The molecule has 8 nitrogen and oxygen atoms in total. The Balaban J connectivity index is 1.44. The molecule has 3 aromatic rings. The van der Waals surface area contributed by atoms with E-state index in [1.54, 1.807) is 18.3 Å². The van der Waals surface area contributed by atoms with Gasteiger partial charge in [0.2, 0.25) is 10.0 Å². The van der Waals surface area contributed by atoms with Gasteiger partial charge in [0.25, 0.3) is 5.91 Å². The van der Waals surface area contributed by atoms with Crippen LogP contribution in [-0.4, -0.2) is 54.7 Å². The van der Waals surface area contributed by atoms with Crippen LogP contribution in [0.25, 0.3) is 0 Å². The van der Waals surface area contributed by atoms with Crippen LogP contribution >= 0.6 is 0 Å². The van der Waals surface area contributed by atoms with E-state index in [2.05, 4.69) is 10.4 Å². The van der Waals surface area contributed by atoms with Crippen LogP contribution in [0.2, 0.25) is 0 Å². The number of rotatable bonds is 8. The van der Waals surface area contributed by atoms with Crippen molar-refractivity contribution in [2.24, 2.45) is 0 Å². The fraction of sp³-hybridized carbons (Fsp3) is 0.333.